The van der Waals surface area contributed by atoms with Crippen molar-refractivity contribution in [1.82, 2.24) is 5.43 Å². The number of hydrazone groups is 1. The zero-order chi connectivity index (χ0) is 18.9. The van der Waals surface area contributed by atoms with Crippen LogP contribution in [0.3, 0.4) is 0 Å². The summed E-state index contributed by atoms with van der Waals surface area (Å²) in [5.74, 6) is 0.596. The molecule has 0 aliphatic heterocycles. The number of halogens is 1. The highest BCUT2D eigenvalue weighted by Gasteiger charge is 2.16. The average Bonchev–Trinajstić information content (AvgIpc) is 2.65. The lowest BCUT2D eigenvalue weighted by Gasteiger charge is -2.13. The maximum Gasteiger partial charge on any atom is 0.273 e. The quantitative estimate of drug-likeness (QED) is 0.506. The Kier molecular flexibility index (Phi) is 7.62. The summed E-state index contributed by atoms with van der Waals surface area (Å²) in [6.07, 6.45) is 0.193. The second-order valence-electron chi connectivity index (χ2n) is 5.24. The van der Waals surface area contributed by atoms with Crippen LogP contribution in [0.4, 0.5) is 0 Å². The molecule has 0 saturated carbocycles. The topological polar surface area (TPSA) is 80.2 Å². The van der Waals surface area contributed by atoms with Crippen molar-refractivity contribution in [1.29, 1.82) is 0 Å². The van der Waals surface area contributed by atoms with Crippen LogP contribution in [-0.4, -0.2) is 30.4 Å². The van der Waals surface area contributed by atoms with Crippen molar-refractivity contribution in [3.8, 4) is 11.5 Å². The summed E-state index contributed by atoms with van der Waals surface area (Å²) in [7, 11) is 0. The predicted octanol–water partition coefficient (Wildman–Crippen LogP) is 3.43. The number of benzene rings is 2. The highest BCUT2D eigenvalue weighted by atomic mass is 79.9. The maximum atomic E-state index is 12.0. The van der Waals surface area contributed by atoms with Crippen molar-refractivity contribution < 1.29 is 19.4 Å². The largest absolute Gasteiger partial charge is 0.490 e. The number of aliphatic hydroxyl groups excluding tert-OH is 1. The van der Waals surface area contributed by atoms with E-state index in [0.717, 1.165) is 4.47 Å². The van der Waals surface area contributed by atoms with Crippen LogP contribution >= 0.6 is 15.9 Å². The summed E-state index contributed by atoms with van der Waals surface area (Å²) in [6.45, 7) is 4.79. The van der Waals surface area contributed by atoms with Gasteiger partial charge in [0, 0.05) is 0 Å². The Morgan fingerprint density at radius 3 is 2.58 bits per heavy atom. The first-order chi connectivity index (χ1) is 12.6. The van der Waals surface area contributed by atoms with Crippen molar-refractivity contribution >= 4 is 28.1 Å². The van der Waals surface area contributed by atoms with Crippen molar-refractivity contribution in [2.24, 2.45) is 5.10 Å². The standard InChI is InChI=1S/C19H21BrN2O4/c1-3-25-16-11-13(10-15(20)18(16)26-4-2)12-21-22-19(24)17(23)14-8-6-5-7-9-14/h5-12,17,23H,3-4H2,1-2H3,(H,22,24)/b21-12-/t17-/m1/s1. The number of ether oxygens (including phenoxy) is 2. The molecule has 0 bridgehead atoms. The molecule has 1 atom stereocenters. The first-order valence-corrected chi connectivity index (χ1v) is 9.01. The molecule has 138 valence electrons. The van der Waals surface area contributed by atoms with Crippen LogP contribution < -0.4 is 14.9 Å². The van der Waals surface area contributed by atoms with Crippen LogP contribution in [0.5, 0.6) is 11.5 Å². The van der Waals surface area contributed by atoms with E-state index in [-0.39, 0.29) is 0 Å². The monoisotopic (exact) mass is 420 g/mol. The molecular weight excluding hydrogens is 400 g/mol. The zero-order valence-corrected chi connectivity index (χ0v) is 16.2. The van der Waals surface area contributed by atoms with Gasteiger partial charge in [0.05, 0.1) is 23.9 Å². The molecular formula is C19H21BrN2O4. The van der Waals surface area contributed by atoms with E-state index in [2.05, 4.69) is 26.5 Å². The molecule has 2 rings (SSSR count). The number of hydrogen-bond donors (Lipinski definition) is 2. The summed E-state index contributed by atoms with van der Waals surface area (Å²) in [6, 6.07) is 12.2. The second-order valence-corrected chi connectivity index (χ2v) is 6.10. The van der Waals surface area contributed by atoms with Gasteiger partial charge in [-0.05, 0) is 53.0 Å². The Bertz CT molecular complexity index is 766. The lowest BCUT2D eigenvalue weighted by molar-refractivity contribution is -0.129. The van der Waals surface area contributed by atoms with Gasteiger partial charge in [0.15, 0.2) is 17.6 Å². The lowest BCUT2D eigenvalue weighted by atomic mass is 10.1. The number of hydrogen-bond acceptors (Lipinski definition) is 5. The van der Waals surface area contributed by atoms with Crippen LogP contribution in [0.1, 0.15) is 31.1 Å². The van der Waals surface area contributed by atoms with E-state index in [4.69, 9.17) is 9.47 Å². The van der Waals surface area contributed by atoms with E-state index in [1.54, 1.807) is 36.4 Å². The normalized spacial score (nSPS) is 12.0. The molecule has 6 nitrogen and oxygen atoms in total. The molecule has 0 aliphatic carbocycles. The summed E-state index contributed by atoms with van der Waals surface area (Å²) in [5.41, 5.74) is 3.54. The number of nitrogens with zero attached hydrogens (tertiary/aromatic N) is 1. The summed E-state index contributed by atoms with van der Waals surface area (Å²) >= 11 is 3.45. The minimum Gasteiger partial charge on any atom is -0.490 e. The second kappa shape index (κ2) is 9.94. The van der Waals surface area contributed by atoms with Gasteiger partial charge in [0.25, 0.3) is 5.91 Å². The summed E-state index contributed by atoms with van der Waals surface area (Å²) in [5, 5.41) is 13.9. The van der Waals surface area contributed by atoms with E-state index >= 15 is 0 Å². The number of rotatable bonds is 8. The van der Waals surface area contributed by atoms with Crippen LogP contribution in [-0.2, 0) is 4.79 Å². The number of carbonyl (C=O) groups is 1. The van der Waals surface area contributed by atoms with Crippen LogP contribution in [0.15, 0.2) is 52.0 Å². The molecule has 2 aromatic rings. The minimum atomic E-state index is -1.28. The van der Waals surface area contributed by atoms with Crippen LogP contribution in [0.25, 0.3) is 0 Å². The Labute approximate surface area is 161 Å². The Morgan fingerprint density at radius 1 is 1.23 bits per heavy atom. The summed E-state index contributed by atoms with van der Waals surface area (Å²) < 4.78 is 11.9. The fraction of sp³-hybridized carbons (Fsp3) is 0.263. The van der Waals surface area contributed by atoms with Gasteiger partial charge < -0.3 is 14.6 Å². The molecule has 7 heteroatoms. The molecule has 1 amide bonds. The lowest BCUT2D eigenvalue weighted by Crippen LogP contribution is -2.25. The molecule has 26 heavy (non-hydrogen) atoms. The number of nitrogens with one attached hydrogen (secondary N) is 1. The van der Waals surface area contributed by atoms with E-state index < -0.39 is 12.0 Å². The maximum absolute atomic E-state index is 12.0. The fourth-order valence-corrected chi connectivity index (χ4v) is 2.80. The van der Waals surface area contributed by atoms with E-state index in [0.29, 0.717) is 35.8 Å². The van der Waals surface area contributed by atoms with Gasteiger partial charge in [0.1, 0.15) is 0 Å². The predicted molar refractivity (Wildman–Crippen MR) is 104 cm³/mol. The third-order valence-corrected chi connectivity index (χ3v) is 3.96. The third kappa shape index (κ3) is 5.31. The van der Waals surface area contributed by atoms with Gasteiger partial charge in [-0.1, -0.05) is 30.3 Å². The molecule has 0 spiro atoms. The summed E-state index contributed by atoms with van der Waals surface area (Å²) in [4.78, 5) is 12.0. The van der Waals surface area contributed by atoms with E-state index in [1.165, 1.54) is 6.21 Å². The molecule has 0 unspecified atom stereocenters. The van der Waals surface area contributed by atoms with E-state index in [9.17, 15) is 9.90 Å². The van der Waals surface area contributed by atoms with Crippen molar-refractivity contribution in [2.45, 2.75) is 20.0 Å². The molecule has 0 saturated heterocycles. The molecule has 2 N–H and O–H groups in total. The van der Waals surface area contributed by atoms with Crippen LogP contribution in [0.2, 0.25) is 0 Å². The van der Waals surface area contributed by atoms with Gasteiger partial charge >= 0.3 is 0 Å². The highest BCUT2D eigenvalue weighted by molar-refractivity contribution is 9.10. The Balaban J connectivity index is 2.08. The average molecular weight is 421 g/mol. The molecule has 0 aliphatic rings. The van der Waals surface area contributed by atoms with Gasteiger partial charge in [-0.2, -0.15) is 5.10 Å². The third-order valence-electron chi connectivity index (χ3n) is 3.37. The molecule has 0 radical (unpaired) electrons. The molecule has 0 heterocycles. The minimum absolute atomic E-state index is 0.493. The van der Waals surface area contributed by atoms with Crippen molar-refractivity contribution in [3.63, 3.8) is 0 Å². The molecule has 0 aromatic heterocycles. The first kappa shape index (κ1) is 19.9. The smallest absolute Gasteiger partial charge is 0.273 e. The van der Waals surface area contributed by atoms with Gasteiger partial charge in [-0.15, -0.1) is 0 Å². The van der Waals surface area contributed by atoms with E-state index in [1.807, 2.05) is 19.9 Å². The zero-order valence-electron chi connectivity index (χ0n) is 14.6. The molecule has 0 fully saturated rings. The van der Waals surface area contributed by atoms with Gasteiger partial charge in [-0.25, -0.2) is 5.43 Å². The Hall–Kier alpha value is -2.38. The highest BCUT2D eigenvalue weighted by Crippen LogP contribution is 2.36. The van der Waals surface area contributed by atoms with Crippen molar-refractivity contribution in [2.75, 3.05) is 13.2 Å². The van der Waals surface area contributed by atoms with Gasteiger partial charge in [0.2, 0.25) is 0 Å². The number of carbonyl (C=O) groups excluding carboxylic acids is 1. The first-order valence-electron chi connectivity index (χ1n) is 8.21. The molecule has 2 aromatic carbocycles. The van der Waals surface area contributed by atoms with Crippen molar-refractivity contribution in [3.05, 3.63) is 58.1 Å². The van der Waals surface area contributed by atoms with Crippen LogP contribution in [0, 0.1) is 0 Å². The SMILES string of the molecule is CCOc1cc(/C=N\NC(=O)[C@H](O)c2ccccc2)cc(Br)c1OCC. The van der Waals surface area contributed by atoms with Gasteiger partial charge in [-0.3, -0.25) is 4.79 Å². The fourth-order valence-electron chi connectivity index (χ4n) is 2.23. The number of amides is 1. The Morgan fingerprint density at radius 2 is 1.92 bits per heavy atom. The number of aliphatic hydroxyl groups is 1.